The van der Waals surface area contributed by atoms with Crippen LogP contribution in [0.5, 0.6) is 0 Å². The topological polar surface area (TPSA) is 68.2 Å². The van der Waals surface area contributed by atoms with Gasteiger partial charge in [-0.05, 0) is 26.7 Å². The molecule has 0 bridgehead atoms. The SMILES string of the molecule is C=CCC[C@H](O)[C@H]1OC(C)(C)O[C@@H]1C(=O)N(C)OC. The minimum Gasteiger partial charge on any atom is -0.390 e. The number of hydroxylamine groups is 2. The van der Waals surface area contributed by atoms with Gasteiger partial charge in [0.05, 0.1) is 13.2 Å². The number of amides is 1. The second kappa shape index (κ2) is 6.47. The van der Waals surface area contributed by atoms with Crippen molar-refractivity contribution in [3.8, 4) is 0 Å². The van der Waals surface area contributed by atoms with E-state index in [-0.39, 0.29) is 5.91 Å². The van der Waals surface area contributed by atoms with E-state index >= 15 is 0 Å². The van der Waals surface area contributed by atoms with Gasteiger partial charge in [-0.25, -0.2) is 5.06 Å². The molecule has 0 spiro atoms. The number of carbonyl (C=O) groups is 1. The molecule has 0 aromatic carbocycles. The summed E-state index contributed by atoms with van der Waals surface area (Å²) >= 11 is 0. The predicted octanol–water partition coefficient (Wildman–Crippen LogP) is 0.853. The van der Waals surface area contributed by atoms with Crippen LogP contribution in [0.4, 0.5) is 0 Å². The molecule has 1 aliphatic rings. The van der Waals surface area contributed by atoms with Crippen molar-refractivity contribution in [2.45, 2.75) is 50.8 Å². The second-order valence-electron chi connectivity index (χ2n) is 4.97. The van der Waals surface area contributed by atoms with Crippen LogP contribution in [0.1, 0.15) is 26.7 Å². The van der Waals surface area contributed by atoms with Gasteiger partial charge in [0, 0.05) is 7.05 Å². The van der Waals surface area contributed by atoms with Gasteiger partial charge in [0.15, 0.2) is 11.9 Å². The zero-order chi connectivity index (χ0) is 14.6. The quantitative estimate of drug-likeness (QED) is 0.574. The van der Waals surface area contributed by atoms with E-state index in [1.54, 1.807) is 19.9 Å². The highest BCUT2D eigenvalue weighted by Gasteiger charge is 2.49. The van der Waals surface area contributed by atoms with E-state index in [4.69, 9.17) is 14.3 Å². The molecular weight excluding hydrogens is 250 g/mol. The Morgan fingerprint density at radius 3 is 2.74 bits per heavy atom. The lowest BCUT2D eigenvalue weighted by molar-refractivity contribution is -0.187. The Labute approximate surface area is 113 Å². The van der Waals surface area contributed by atoms with Gasteiger partial charge >= 0.3 is 0 Å². The number of rotatable bonds is 6. The van der Waals surface area contributed by atoms with Crippen LogP contribution < -0.4 is 0 Å². The molecular formula is C13H23NO5. The van der Waals surface area contributed by atoms with Crippen molar-refractivity contribution in [1.82, 2.24) is 5.06 Å². The van der Waals surface area contributed by atoms with E-state index in [2.05, 4.69) is 6.58 Å². The first-order valence-corrected chi connectivity index (χ1v) is 6.28. The molecule has 1 heterocycles. The van der Waals surface area contributed by atoms with Crippen LogP contribution in [-0.4, -0.2) is 54.3 Å². The summed E-state index contributed by atoms with van der Waals surface area (Å²) in [6, 6.07) is 0. The maximum Gasteiger partial charge on any atom is 0.277 e. The highest BCUT2D eigenvalue weighted by molar-refractivity contribution is 5.80. The van der Waals surface area contributed by atoms with Crippen molar-refractivity contribution in [3.63, 3.8) is 0 Å². The summed E-state index contributed by atoms with van der Waals surface area (Å²) < 4.78 is 11.2. The molecule has 1 saturated heterocycles. The molecule has 1 fully saturated rings. The van der Waals surface area contributed by atoms with Crippen LogP contribution in [0.15, 0.2) is 12.7 Å². The van der Waals surface area contributed by atoms with Crippen molar-refractivity contribution in [3.05, 3.63) is 12.7 Å². The minimum atomic E-state index is -0.908. The third kappa shape index (κ3) is 4.01. The molecule has 0 saturated carbocycles. The molecule has 1 rings (SSSR count). The monoisotopic (exact) mass is 273 g/mol. The number of hydrogen-bond donors (Lipinski definition) is 1. The molecule has 0 radical (unpaired) electrons. The third-order valence-electron chi connectivity index (χ3n) is 3.00. The van der Waals surface area contributed by atoms with Gasteiger partial charge in [0.2, 0.25) is 0 Å². The van der Waals surface area contributed by atoms with E-state index in [1.807, 2.05) is 0 Å². The number of allylic oxidation sites excluding steroid dienone is 1. The van der Waals surface area contributed by atoms with E-state index in [0.717, 1.165) is 5.06 Å². The van der Waals surface area contributed by atoms with Gasteiger partial charge in [-0.15, -0.1) is 6.58 Å². The first kappa shape index (κ1) is 16.1. The van der Waals surface area contributed by atoms with Gasteiger partial charge in [-0.1, -0.05) is 6.08 Å². The number of carbonyl (C=O) groups excluding carboxylic acids is 1. The fourth-order valence-electron chi connectivity index (χ4n) is 1.98. The van der Waals surface area contributed by atoms with Crippen LogP contribution in [-0.2, 0) is 19.1 Å². The van der Waals surface area contributed by atoms with Crippen LogP contribution in [0, 0.1) is 0 Å². The maximum atomic E-state index is 12.1. The Kier molecular flexibility index (Phi) is 5.49. The average molecular weight is 273 g/mol. The Hall–Kier alpha value is -0.950. The third-order valence-corrected chi connectivity index (χ3v) is 3.00. The molecule has 1 N–H and O–H groups in total. The molecule has 0 aromatic heterocycles. The minimum absolute atomic E-state index is 0.379. The van der Waals surface area contributed by atoms with Crippen LogP contribution >= 0.6 is 0 Å². The zero-order valence-corrected chi connectivity index (χ0v) is 12.0. The maximum absolute atomic E-state index is 12.1. The molecule has 0 aliphatic carbocycles. The highest BCUT2D eigenvalue weighted by atomic mass is 16.8. The molecule has 0 aromatic rings. The van der Waals surface area contributed by atoms with E-state index in [9.17, 15) is 9.90 Å². The molecule has 3 atom stereocenters. The smallest absolute Gasteiger partial charge is 0.277 e. The Balaban J connectivity index is 2.80. The van der Waals surface area contributed by atoms with Crippen LogP contribution in [0.2, 0.25) is 0 Å². The number of nitrogens with zero attached hydrogens (tertiary/aromatic N) is 1. The zero-order valence-electron chi connectivity index (χ0n) is 12.0. The molecule has 1 amide bonds. The lowest BCUT2D eigenvalue weighted by atomic mass is 10.0. The van der Waals surface area contributed by atoms with Crippen molar-refractivity contribution < 1.29 is 24.2 Å². The predicted molar refractivity (Wildman–Crippen MR) is 69.0 cm³/mol. The van der Waals surface area contributed by atoms with Gasteiger partial charge in [0.25, 0.3) is 5.91 Å². The second-order valence-corrected chi connectivity index (χ2v) is 4.97. The van der Waals surface area contributed by atoms with E-state index in [1.165, 1.54) is 14.2 Å². The van der Waals surface area contributed by atoms with Gasteiger partial charge in [-0.3, -0.25) is 9.63 Å². The summed E-state index contributed by atoms with van der Waals surface area (Å²) in [7, 11) is 2.88. The van der Waals surface area contributed by atoms with Crippen molar-refractivity contribution >= 4 is 5.91 Å². The van der Waals surface area contributed by atoms with Crippen molar-refractivity contribution in [2.24, 2.45) is 0 Å². The number of ether oxygens (including phenoxy) is 2. The lowest BCUT2D eigenvalue weighted by Crippen LogP contribution is -2.45. The number of hydrogen-bond acceptors (Lipinski definition) is 5. The van der Waals surface area contributed by atoms with Crippen LogP contribution in [0.3, 0.4) is 0 Å². The fourth-order valence-corrected chi connectivity index (χ4v) is 1.98. The normalized spacial score (nSPS) is 27.0. The van der Waals surface area contributed by atoms with Crippen molar-refractivity contribution in [2.75, 3.05) is 14.2 Å². The molecule has 6 heteroatoms. The molecule has 19 heavy (non-hydrogen) atoms. The number of aliphatic hydroxyl groups is 1. The molecule has 1 aliphatic heterocycles. The van der Waals surface area contributed by atoms with Crippen LogP contribution in [0.25, 0.3) is 0 Å². The van der Waals surface area contributed by atoms with E-state index < -0.39 is 24.1 Å². The van der Waals surface area contributed by atoms with Gasteiger partial charge < -0.3 is 14.6 Å². The summed E-state index contributed by atoms with van der Waals surface area (Å²) in [5.41, 5.74) is 0. The summed E-state index contributed by atoms with van der Waals surface area (Å²) in [5.74, 6) is -1.29. The molecule has 6 nitrogen and oxygen atoms in total. The first-order chi connectivity index (χ1) is 8.82. The first-order valence-electron chi connectivity index (χ1n) is 6.28. The van der Waals surface area contributed by atoms with Gasteiger partial charge in [-0.2, -0.15) is 0 Å². The Bertz CT molecular complexity index is 331. The fraction of sp³-hybridized carbons (Fsp3) is 0.769. The summed E-state index contributed by atoms with van der Waals surface area (Å²) in [5, 5.41) is 11.2. The standard InChI is InChI=1S/C13H23NO5/c1-6-7-8-9(15)10-11(12(16)14(4)17-5)19-13(2,3)18-10/h6,9-11,15H,1,7-8H2,2-5H3/t9-,10+,11-/m0/s1. The molecule has 0 unspecified atom stereocenters. The summed E-state index contributed by atoms with van der Waals surface area (Å²) in [4.78, 5) is 17.0. The number of likely N-dealkylation sites (N-methyl/N-ethyl adjacent to an activating group) is 1. The summed E-state index contributed by atoms with van der Waals surface area (Å²) in [6.07, 6.45) is 0.442. The average Bonchev–Trinajstić information content (AvgIpc) is 2.70. The highest BCUT2D eigenvalue weighted by Crippen LogP contribution is 2.32. The van der Waals surface area contributed by atoms with Crippen molar-refractivity contribution in [1.29, 1.82) is 0 Å². The summed E-state index contributed by atoms with van der Waals surface area (Å²) in [6.45, 7) is 7.02. The lowest BCUT2D eigenvalue weighted by Gasteiger charge is -2.24. The van der Waals surface area contributed by atoms with Gasteiger partial charge in [0.1, 0.15) is 6.10 Å². The Morgan fingerprint density at radius 2 is 2.21 bits per heavy atom. The largest absolute Gasteiger partial charge is 0.390 e. The molecule has 110 valence electrons. The van der Waals surface area contributed by atoms with E-state index in [0.29, 0.717) is 12.8 Å². The number of aliphatic hydroxyl groups excluding tert-OH is 1. The Morgan fingerprint density at radius 1 is 1.58 bits per heavy atom.